The number of fused-ring (bicyclic) bond motifs is 3. The van der Waals surface area contributed by atoms with Crippen LogP contribution in [0.15, 0.2) is 22.9 Å². The third kappa shape index (κ3) is 0.796. The largest absolute Gasteiger partial charge is 0.356 e. The van der Waals surface area contributed by atoms with Gasteiger partial charge in [0.25, 0.3) is 0 Å². The molecule has 4 nitrogen and oxygen atoms in total. The highest BCUT2D eigenvalue weighted by Gasteiger charge is 2.06. The molecule has 0 aliphatic rings. The molecular formula is C9H7N3O. The Kier molecular flexibility index (Phi) is 1.07. The van der Waals surface area contributed by atoms with Crippen molar-refractivity contribution in [3.8, 4) is 0 Å². The van der Waals surface area contributed by atoms with Gasteiger partial charge in [-0.3, -0.25) is 0 Å². The highest BCUT2D eigenvalue weighted by atomic mass is 16.5. The Balaban J connectivity index is 2.64. The van der Waals surface area contributed by atoms with Crippen molar-refractivity contribution in [2.45, 2.75) is 6.92 Å². The Hall–Kier alpha value is -1.84. The van der Waals surface area contributed by atoms with E-state index < -0.39 is 0 Å². The van der Waals surface area contributed by atoms with E-state index in [0.29, 0.717) is 0 Å². The SMILES string of the molecule is Cc1nc2c(ccc3oncc32)[nH]1. The van der Waals surface area contributed by atoms with Crippen LogP contribution in [0.1, 0.15) is 5.82 Å². The molecule has 2 aromatic heterocycles. The van der Waals surface area contributed by atoms with Crippen molar-refractivity contribution in [2.24, 2.45) is 0 Å². The normalized spacial score (nSPS) is 11.5. The van der Waals surface area contributed by atoms with Crippen LogP contribution in [-0.4, -0.2) is 15.1 Å². The van der Waals surface area contributed by atoms with Gasteiger partial charge >= 0.3 is 0 Å². The fourth-order valence-electron chi connectivity index (χ4n) is 1.54. The van der Waals surface area contributed by atoms with E-state index in [-0.39, 0.29) is 0 Å². The lowest BCUT2D eigenvalue weighted by Gasteiger charge is -1.86. The first-order valence-corrected chi connectivity index (χ1v) is 4.04. The predicted molar refractivity (Wildman–Crippen MR) is 48.4 cm³/mol. The molecule has 0 saturated heterocycles. The van der Waals surface area contributed by atoms with Crippen molar-refractivity contribution in [3.63, 3.8) is 0 Å². The molecule has 64 valence electrons. The highest BCUT2D eigenvalue weighted by molar-refractivity contribution is 6.01. The lowest BCUT2D eigenvalue weighted by Crippen LogP contribution is -1.69. The monoisotopic (exact) mass is 173 g/mol. The number of nitrogens with zero attached hydrogens (tertiary/aromatic N) is 2. The number of nitrogens with one attached hydrogen (secondary N) is 1. The second-order valence-corrected chi connectivity index (χ2v) is 3.02. The summed E-state index contributed by atoms with van der Waals surface area (Å²) in [6.07, 6.45) is 1.69. The second-order valence-electron chi connectivity index (χ2n) is 3.02. The van der Waals surface area contributed by atoms with Gasteiger partial charge < -0.3 is 9.51 Å². The molecule has 0 radical (unpaired) electrons. The standard InChI is InChI=1S/C9H7N3O/c1-5-11-7-2-3-8-6(4-10-13-8)9(7)12-5/h2-4H,1H3,(H,11,12). The molecule has 0 saturated carbocycles. The Morgan fingerprint density at radius 3 is 3.23 bits per heavy atom. The van der Waals surface area contributed by atoms with Gasteiger partial charge in [-0.05, 0) is 19.1 Å². The number of H-pyrrole nitrogens is 1. The molecule has 0 amide bonds. The van der Waals surface area contributed by atoms with Crippen molar-refractivity contribution in [3.05, 3.63) is 24.2 Å². The van der Waals surface area contributed by atoms with E-state index in [0.717, 1.165) is 27.8 Å². The van der Waals surface area contributed by atoms with Crippen LogP contribution in [0.5, 0.6) is 0 Å². The maximum absolute atomic E-state index is 5.03. The van der Waals surface area contributed by atoms with Gasteiger partial charge in [-0.15, -0.1) is 0 Å². The number of aromatic nitrogens is 3. The summed E-state index contributed by atoms with van der Waals surface area (Å²) in [6.45, 7) is 1.93. The third-order valence-electron chi connectivity index (χ3n) is 2.11. The molecule has 4 heteroatoms. The number of rotatable bonds is 0. The summed E-state index contributed by atoms with van der Waals surface area (Å²) in [4.78, 5) is 7.52. The molecule has 0 unspecified atom stereocenters. The van der Waals surface area contributed by atoms with E-state index in [1.807, 2.05) is 19.1 Å². The Morgan fingerprint density at radius 2 is 2.31 bits per heavy atom. The first kappa shape index (κ1) is 6.65. The molecule has 0 atom stereocenters. The average Bonchev–Trinajstić information content (AvgIpc) is 2.65. The van der Waals surface area contributed by atoms with E-state index in [1.54, 1.807) is 6.20 Å². The lowest BCUT2D eigenvalue weighted by molar-refractivity contribution is 0.456. The first-order valence-electron chi connectivity index (χ1n) is 4.04. The summed E-state index contributed by atoms with van der Waals surface area (Å²) in [7, 11) is 0. The van der Waals surface area contributed by atoms with Crippen LogP contribution in [0.3, 0.4) is 0 Å². The number of imidazole rings is 1. The summed E-state index contributed by atoms with van der Waals surface area (Å²) in [5.74, 6) is 0.906. The van der Waals surface area contributed by atoms with Crippen molar-refractivity contribution >= 4 is 22.0 Å². The highest BCUT2D eigenvalue weighted by Crippen LogP contribution is 2.22. The summed E-state index contributed by atoms with van der Waals surface area (Å²) in [6, 6.07) is 3.84. The van der Waals surface area contributed by atoms with Gasteiger partial charge in [0.15, 0.2) is 5.58 Å². The summed E-state index contributed by atoms with van der Waals surface area (Å²) < 4.78 is 5.03. The average molecular weight is 173 g/mol. The van der Waals surface area contributed by atoms with Crippen molar-refractivity contribution < 1.29 is 4.52 Å². The van der Waals surface area contributed by atoms with Crippen molar-refractivity contribution in [1.82, 2.24) is 15.1 Å². The smallest absolute Gasteiger partial charge is 0.169 e. The minimum atomic E-state index is 0.777. The zero-order chi connectivity index (χ0) is 8.84. The second kappa shape index (κ2) is 2.10. The molecule has 0 aliphatic heterocycles. The van der Waals surface area contributed by atoms with Gasteiger partial charge in [-0.2, -0.15) is 0 Å². The summed E-state index contributed by atoms with van der Waals surface area (Å²) in [5.41, 5.74) is 2.73. The zero-order valence-corrected chi connectivity index (χ0v) is 7.03. The maximum Gasteiger partial charge on any atom is 0.169 e. The number of benzene rings is 1. The lowest BCUT2D eigenvalue weighted by atomic mass is 10.2. The molecule has 0 bridgehead atoms. The van der Waals surface area contributed by atoms with Crippen LogP contribution >= 0.6 is 0 Å². The predicted octanol–water partition coefficient (Wildman–Crippen LogP) is 2.01. The molecule has 0 fully saturated rings. The van der Waals surface area contributed by atoms with Crippen molar-refractivity contribution in [1.29, 1.82) is 0 Å². The van der Waals surface area contributed by atoms with Crippen LogP contribution in [0, 0.1) is 6.92 Å². The summed E-state index contributed by atoms with van der Waals surface area (Å²) in [5, 5.41) is 4.69. The minimum Gasteiger partial charge on any atom is -0.356 e. The Bertz CT molecular complexity index is 579. The minimum absolute atomic E-state index is 0.777. The van der Waals surface area contributed by atoms with Crippen molar-refractivity contribution in [2.75, 3.05) is 0 Å². The molecule has 1 N–H and O–H groups in total. The molecule has 3 rings (SSSR count). The molecule has 0 aliphatic carbocycles. The van der Waals surface area contributed by atoms with Gasteiger partial charge in [0, 0.05) is 0 Å². The third-order valence-corrected chi connectivity index (χ3v) is 2.11. The number of hydrogen-bond acceptors (Lipinski definition) is 3. The van der Waals surface area contributed by atoms with Gasteiger partial charge in [0.2, 0.25) is 0 Å². The Labute approximate surface area is 73.6 Å². The van der Waals surface area contributed by atoms with E-state index in [4.69, 9.17) is 4.52 Å². The van der Waals surface area contributed by atoms with E-state index in [2.05, 4.69) is 15.1 Å². The Morgan fingerprint density at radius 1 is 1.38 bits per heavy atom. The first-order chi connectivity index (χ1) is 6.34. The fourth-order valence-corrected chi connectivity index (χ4v) is 1.54. The zero-order valence-electron chi connectivity index (χ0n) is 7.03. The maximum atomic E-state index is 5.03. The van der Waals surface area contributed by atoms with E-state index in [9.17, 15) is 0 Å². The topological polar surface area (TPSA) is 54.7 Å². The number of aromatic amines is 1. The van der Waals surface area contributed by atoms with Crippen LogP contribution in [0.4, 0.5) is 0 Å². The van der Waals surface area contributed by atoms with Gasteiger partial charge in [0.05, 0.1) is 17.1 Å². The van der Waals surface area contributed by atoms with Gasteiger partial charge in [-0.1, -0.05) is 5.16 Å². The van der Waals surface area contributed by atoms with Crippen LogP contribution < -0.4 is 0 Å². The van der Waals surface area contributed by atoms with E-state index >= 15 is 0 Å². The quantitative estimate of drug-likeness (QED) is 0.565. The van der Waals surface area contributed by atoms with Gasteiger partial charge in [-0.25, -0.2) is 4.98 Å². The van der Waals surface area contributed by atoms with Gasteiger partial charge in [0.1, 0.15) is 11.3 Å². The van der Waals surface area contributed by atoms with E-state index in [1.165, 1.54) is 0 Å². The fraction of sp³-hybridized carbons (Fsp3) is 0.111. The molecule has 1 aromatic carbocycles. The number of hydrogen-bond donors (Lipinski definition) is 1. The molecule has 2 heterocycles. The number of aryl methyl sites for hydroxylation is 1. The van der Waals surface area contributed by atoms with Crippen LogP contribution in [0.2, 0.25) is 0 Å². The molecular weight excluding hydrogens is 166 g/mol. The van der Waals surface area contributed by atoms with Crippen LogP contribution in [-0.2, 0) is 0 Å². The van der Waals surface area contributed by atoms with Crippen LogP contribution in [0.25, 0.3) is 22.0 Å². The molecule has 3 aromatic rings. The molecule has 13 heavy (non-hydrogen) atoms. The molecule has 0 spiro atoms. The summed E-state index contributed by atoms with van der Waals surface area (Å²) >= 11 is 0.